The van der Waals surface area contributed by atoms with Gasteiger partial charge < -0.3 is 8.83 Å². The smallest absolute Gasteiger partial charge is 0.266 e. The first-order valence-corrected chi connectivity index (χ1v) is 15.8. The lowest BCUT2D eigenvalue weighted by Gasteiger charge is -2.06. The van der Waals surface area contributed by atoms with Crippen molar-refractivity contribution >= 4 is 43.6 Å². The van der Waals surface area contributed by atoms with Crippen LogP contribution in [0.25, 0.3) is 89.7 Å². The van der Waals surface area contributed by atoms with Crippen molar-refractivity contribution in [3.8, 4) is 46.1 Å². The second kappa shape index (κ2) is 11.4. The minimum atomic E-state index is 0.324. The molecule has 0 bridgehead atoms. The first kappa shape index (κ1) is 27.9. The summed E-state index contributed by atoms with van der Waals surface area (Å²) in [5.74, 6) is 1.39. The minimum absolute atomic E-state index is 0.324. The lowest BCUT2D eigenvalue weighted by molar-refractivity contribution is 0.580. The van der Waals surface area contributed by atoms with Gasteiger partial charge >= 0.3 is 0 Å². The van der Waals surface area contributed by atoms with Crippen molar-refractivity contribution in [1.29, 1.82) is 0 Å². The van der Waals surface area contributed by atoms with Gasteiger partial charge in [-0.05, 0) is 60.9 Å². The molecule has 10 nitrogen and oxygen atoms in total. The molecule has 0 aliphatic rings. The molecule has 48 heavy (non-hydrogen) atoms. The Balaban J connectivity index is 1.08. The average Bonchev–Trinajstić information content (AvgIpc) is 3.85. The topological polar surface area (TPSA) is 129 Å². The highest BCUT2D eigenvalue weighted by molar-refractivity contribution is 6.04. The van der Waals surface area contributed by atoms with Crippen LogP contribution < -0.4 is 0 Å². The number of nitrogens with zero attached hydrogens (tertiary/aromatic N) is 8. The molecule has 6 aromatic heterocycles. The fourth-order valence-electron chi connectivity index (χ4n) is 6.04. The summed E-state index contributed by atoms with van der Waals surface area (Å²) in [5, 5.41) is 21.6. The average molecular weight is 627 g/mol. The monoisotopic (exact) mass is 626 g/mol. The third kappa shape index (κ3) is 4.91. The van der Waals surface area contributed by atoms with E-state index in [2.05, 4.69) is 49.4 Å². The van der Waals surface area contributed by atoms with Crippen molar-refractivity contribution in [3.63, 3.8) is 0 Å². The molecule has 0 spiro atoms. The molecule has 0 aliphatic heterocycles. The fourth-order valence-corrected chi connectivity index (χ4v) is 6.04. The van der Waals surface area contributed by atoms with Gasteiger partial charge in [0.15, 0.2) is 0 Å². The van der Waals surface area contributed by atoms with Crippen LogP contribution in [0.1, 0.15) is 25.3 Å². The molecule has 0 aliphatic carbocycles. The van der Waals surface area contributed by atoms with Crippen LogP contribution in [0, 0.1) is 0 Å². The summed E-state index contributed by atoms with van der Waals surface area (Å²) in [4.78, 5) is 18.9. The Morgan fingerprint density at radius 2 is 0.958 bits per heavy atom. The molecule has 0 unspecified atom stereocenters. The van der Waals surface area contributed by atoms with Crippen molar-refractivity contribution in [2.45, 2.75) is 26.2 Å². The van der Waals surface area contributed by atoms with E-state index in [-0.39, 0.29) is 0 Å². The summed E-state index contributed by atoms with van der Waals surface area (Å²) in [7, 11) is 0. The molecule has 0 atom stereocenters. The molecule has 0 radical (unpaired) electrons. The first-order chi connectivity index (χ1) is 23.7. The van der Waals surface area contributed by atoms with Crippen LogP contribution in [0.4, 0.5) is 0 Å². The highest BCUT2D eigenvalue weighted by Crippen LogP contribution is 2.32. The number of aromatic nitrogens is 8. The molecule has 0 fully saturated rings. The summed E-state index contributed by atoms with van der Waals surface area (Å²) in [6.45, 7) is 2.17. The number of rotatable bonds is 7. The third-order valence-electron chi connectivity index (χ3n) is 8.46. The van der Waals surface area contributed by atoms with Crippen molar-refractivity contribution in [2.24, 2.45) is 0 Å². The zero-order valence-corrected chi connectivity index (χ0v) is 25.8. The van der Waals surface area contributed by atoms with Crippen LogP contribution in [0.5, 0.6) is 0 Å². The lowest BCUT2D eigenvalue weighted by Crippen LogP contribution is -1.90. The predicted octanol–water partition coefficient (Wildman–Crippen LogP) is 8.66. The Morgan fingerprint density at radius 1 is 0.500 bits per heavy atom. The molecule has 9 rings (SSSR count). The van der Waals surface area contributed by atoms with Crippen molar-refractivity contribution < 1.29 is 8.83 Å². The second-order valence-corrected chi connectivity index (χ2v) is 11.7. The van der Waals surface area contributed by atoms with Gasteiger partial charge in [-0.25, -0.2) is 9.97 Å². The second-order valence-electron chi connectivity index (χ2n) is 11.7. The lowest BCUT2D eigenvalue weighted by atomic mass is 10.0. The molecule has 6 heterocycles. The maximum absolute atomic E-state index is 6.23. The Kier molecular flexibility index (Phi) is 6.63. The Bertz CT molecular complexity index is 2470. The number of fused-ring (bicyclic) bond motifs is 6. The van der Waals surface area contributed by atoms with E-state index in [1.165, 1.54) is 0 Å². The van der Waals surface area contributed by atoms with Crippen molar-refractivity contribution in [1.82, 2.24) is 40.3 Å². The van der Waals surface area contributed by atoms with E-state index in [9.17, 15) is 0 Å². The predicted molar refractivity (Wildman–Crippen MR) is 184 cm³/mol. The Labute approximate surface area is 273 Å². The van der Waals surface area contributed by atoms with E-state index in [0.29, 0.717) is 35.0 Å². The van der Waals surface area contributed by atoms with Gasteiger partial charge in [0.25, 0.3) is 11.8 Å². The number of hydrogen-bond acceptors (Lipinski definition) is 10. The van der Waals surface area contributed by atoms with E-state index in [0.717, 1.165) is 79.6 Å². The van der Waals surface area contributed by atoms with Crippen molar-refractivity contribution in [3.05, 3.63) is 109 Å². The SMILES string of the molecule is CCCCc1cc(-c2nnc(-c3ccc4ccc5cccnc5c4n3)o2)cc(-c2nnc(-c3ccc4ccc5cccnc5c4n3)o2)c1. The molecule has 9 aromatic rings. The summed E-state index contributed by atoms with van der Waals surface area (Å²) in [6.07, 6.45) is 6.50. The number of aryl methyl sites for hydroxylation is 1. The van der Waals surface area contributed by atoms with Gasteiger partial charge in [-0.15, -0.1) is 20.4 Å². The number of unbranched alkanes of at least 4 members (excludes halogenated alkanes) is 1. The van der Waals surface area contributed by atoms with Gasteiger partial charge in [0.05, 0.1) is 22.1 Å². The van der Waals surface area contributed by atoms with Crippen LogP contribution in [-0.2, 0) is 6.42 Å². The van der Waals surface area contributed by atoms with E-state index >= 15 is 0 Å². The van der Waals surface area contributed by atoms with Gasteiger partial charge in [0, 0.05) is 45.1 Å². The number of benzene rings is 3. The molecular formula is C38H26N8O2. The molecule has 3 aromatic carbocycles. The van der Waals surface area contributed by atoms with Gasteiger partial charge in [-0.1, -0.05) is 61.9 Å². The molecule has 10 heteroatoms. The van der Waals surface area contributed by atoms with Crippen LogP contribution in [0.2, 0.25) is 0 Å². The molecule has 0 N–H and O–H groups in total. The van der Waals surface area contributed by atoms with E-state index in [4.69, 9.17) is 18.8 Å². The van der Waals surface area contributed by atoms with Gasteiger partial charge in [-0.3, -0.25) is 9.97 Å². The zero-order chi connectivity index (χ0) is 32.0. The summed E-state index contributed by atoms with van der Waals surface area (Å²) < 4.78 is 12.5. The van der Waals surface area contributed by atoms with Crippen LogP contribution in [0.15, 0.2) is 112 Å². The van der Waals surface area contributed by atoms with Gasteiger partial charge in [-0.2, -0.15) is 0 Å². The quantitative estimate of drug-likeness (QED) is 0.158. The summed E-state index contributed by atoms with van der Waals surface area (Å²) in [6, 6.07) is 29.9. The Morgan fingerprint density at radius 3 is 1.46 bits per heavy atom. The first-order valence-electron chi connectivity index (χ1n) is 15.8. The number of pyridine rings is 4. The standard InChI is InChI=1S/C38H26N8O2/c1-2-3-6-22-19-27(35-43-45-37(47-35)29-15-13-25-11-9-23-7-4-17-39-31(23)33(25)41-29)21-28(20-22)36-44-46-38(48-36)30-16-14-26-12-10-24-8-5-18-40-32(24)34(26)42-30/h4-5,7-21H,2-3,6H2,1H3. The molecule has 230 valence electrons. The fraction of sp³-hybridized carbons (Fsp3) is 0.105. The van der Waals surface area contributed by atoms with Gasteiger partial charge in [0.2, 0.25) is 11.8 Å². The van der Waals surface area contributed by atoms with E-state index in [1.807, 2.05) is 78.9 Å². The van der Waals surface area contributed by atoms with Crippen molar-refractivity contribution in [2.75, 3.05) is 0 Å². The highest BCUT2D eigenvalue weighted by atomic mass is 16.4. The minimum Gasteiger partial charge on any atom is -0.415 e. The highest BCUT2D eigenvalue weighted by Gasteiger charge is 2.18. The normalized spacial score (nSPS) is 11.7. The maximum Gasteiger partial charge on any atom is 0.266 e. The van der Waals surface area contributed by atoms with E-state index < -0.39 is 0 Å². The zero-order valence-electron chi connectivity index (χ0n) is 25.8. The van der Waals surface area contributed by atoms with Crippen LogP contribution >= 0.6 is 0 Å². The van der Waals surface area contributed by atoms with Crippen LogP contribution in [-0.4, -0.2) is 40.3 Å². The van der Waals surface area contributed by atoms with Crippen LogP contribution in [0.3, 0.4) is 0 Å². The molecule has 0 saturated heterocycles. The maximum atomic E-state index is 6.23. The summed E-state index contributed by atoms with van der Waals surface area (Å²) in [5.41, 5.74) is 6.99. The van der Waals surface area contributed by atoms with Gasteiger partial charge in [0.1, 0.15) is 11.4 Å². The molecule has 0 amide bonds. The Hall–Kier alpha value is -6.42. The molecule has 0 saturated carbocycles. The number of hydrogen-bond donors (Lipinski definition) is 0. The van der Waals surface area contributed by atoms with E-state index in [1.54, 1.807) is 12.4 Å². The summed E-state index contributed by atoms with van der Waals surface area (Å²) >= 11 is 0. The molecular weight excluding hydrogens is 600 g/mol. The third-order valence-corrected chi connectivity index (χ3v) is 8.46. The largest absolute Gasteiger partial charge is 0.415 e.